The molecule has 0 heterocycles. The summed E-state index contributed by atoms with van der Waals surface area (Å²) in [4.78, 5) is 0. The van der Waals surface area contributed by atoms with Crippen LogP contribution in [0, 0.1) is 0 Å². The first-order valence-electron chi connectivity index (χ1n) is 0. The minimum atomic E-state index is 0. The molecule has 24 valence electrons. The molecule has 4 heavy (non-hydrogen) atoms. The largest absolute Gasteiger partial charge is 0 e. The SMILES string of the molecule is [AsH3].[PbH2].[SbH3].[Zn]. The predicted molar refractivity (Wildman–Crippen MR) is 28.4 cm³/mol. The first-order valence-corrected chi connectivity index (χ1v) is 0. The normalized spacial score (nSPS) is 0. The average molecular weight is 477 g/mol. The molecular formula is H8AsPbSbZn. The summed E-state index contributed by atoms with van der Waals surface area (Å²) in [5.41, 5.74) is 0. The van der Waals surface area contributed by atoms with Gasteiger partial charge in [0.1, 0.15) is 0 Å². The van der Waals surface area contributed by atoms with Crippen molar-refractivity contribution in [1.29, 1.82) is 0 Å². The van der Waals surface area contributed by atoms with Crippen LogP contribution in [0.25, 0.3) is 0 Å². The van der Waals surface area contributed by atoms with Gasteiger partial charge in [0, 0.05) is 19.5 Å². The molecule has 1 unspecified atom stereocenters. The van der Waals surface area contributed by atoms with Crippen molar-refractivity contribution in [2.24, 2.45) is 0 Å². The molecular weight excluding hydrogens is 469 g/mol. The maximum absolute atomic E-state index is 0. The number of rotatable bonds is 0. The molecule has 0 bridgehead atoms. The third-order valence-electron chi connectivity index (χ3n) is 0. The van der Waals surface area contributed by atoms with E-state index >= 15 is 0 Å². The van der Waals surface area contributed by atoms with Crippen LogP contribution >= 0.6 is 0 Å². The first-order chi connectivity index (χ1) is 0. The minimum absolute atomic E-state index is 0. The summed E-state index contributed by atoms with van der Waals surface area (Å²) < 4.78 is 0. The summed E-state index contributed by atoms with van der Waals surface area (Å²) in [5.74, 6) is 0. The van der Waals surface area contributed by atoms with Gasteiger partial charge in [0.2, 0.25) is 0 Å². The minimum Gasteiger partial charge on any atom is 0 e. The molecule has 0 N–H and O–H groups in total. The van der Waals surface area contributed by atoms with Gasteiger partial charge in [-0.2, -0.15) is 0 Å². The number of hydrogen-bond acceptors (Lipinski definition) is 0. The van der Waals surface area contributed by atoms with Gasteiger partial charge < -0.3 is 0 Å². The summed E-state index contributed by atoms with van der Waals surface area (Å²) in [6.45, 7) is 0. The van der Waals surface area contributed by atoms with Gasteiger partial charge in [-0.05, 0) is 0 Å². The van der Waals surface area contributed by atoms with Gasteiger partial charge in [-0.1, -0.05) is 0 Å². The summed E-state index contributed by atoms with van der Waals surface area (Å²) >= 11 is 0. The molecule has 0 saturated carbocycles. The predicted octanol–water partition coefficient (Wildman–Crippen LogP) is -3.29. The van der Waals surface area contributed by atoms with E-state index in [9.17, 15) is 0 Å². The Hall–Kier alpha value is 2.92. The van der Waals surface area contributed by atoms with E-state index in [1.165, 1.54) is 0 Å². The van der Waals surface area contributed by atoms with E-state index in [0.29, 0.717) is 0 Å². The van der Waals surface area contributed by atoms with Crippen molar-refractivity contribution in [2.75, 3.05) is 0 Å². The zero-order valence-corrected chi connectivity index (χ0v) is 18.3. The van der Waals surface area contributed by atoms with Gasteiger partial charge in [-0.25, -0.2) is 0 Å². The zero-order chi connectivity index (χ0) is 0. The Balaban J connectivity index is 0. The molecule has 0 rings (SSSR count). The van der Waals surface area contributed by atoms with Crippen LogP contribution in [0.5, 0.6) is 0 Å². The van der Waals surface area contributed by atoms with E-state index in [-0.39, 0.29) is 89.2 Å². The Bertz CT molecular complexity index is 8.00. The van der Waals surface area contributed by atoms with E-state index < -0.39 is 0 Å². The van der Waals surface area contributed by atoms with Crippen LogP contribution < -0.4 is 0 Å². The fourth-order valence-corrected chi connectivity index (χ4v) is 0. The van der Waals surface area contributed by atoms with Crippen molar-refractivity contribution < 1.29 is 19.5 Å². The Morgan fingerprint density at radius 3 is 1.00 bits per heavy atom. The van der Waals surface area contributed by atoms with Crippen molar-refractivity contribution >= 4 is 69.7 Å². The average Bonchev–Trinajstić information content (AvgIpc) is 0. The second-order valence-electron chi connectivity index (χ2n) is 0. The third kappa shape index (κ3) is 8.87. The Morgan fingerprint density at radius 2 is 1.00 bits per heavy atom. The standard InChI is InChI=1S/AsH3.Pb.Sb.Zn.5H/h1H3;;;;;;;;. The van der Waals surface area contributed by atoms with Crippen molar-refractivity contribution in [1.82, 2.24) is 0 Å². The summed E-state index contributed by atoms with van der Waals surface area (Å²) in [6, 6.07) is 0. The molecule has 0 aromatic carbocycles. The zero-order valence-electron chi connectivity index (χ0n) is 2.83. The molecule has 2 radical (unpaired) electrons. The quantitative estimate of drug-likeness (QED) is 0.321. The summed E-state index contributed by atoms with van der Waals surface area (Å²) in [7, 11) is 0. The van der Waals surface area contributed by atoms with Crippen LogP contribution in [0.4, 0.5) is 0 Å². The van der Waals surface area contributed by atoms with Crippen molar-refractivity contribution in [3.05, 3.63) is 0 Å². The number of hydrogen-bond donors (Lipinski definition) is 0. The maximum Gasteiger partial charge on any atom is 0 e. The van der Waals surface area contributed by atoms with Gasteiger partial charge in [0.15, 0.2) is 0 Å². The van der Waals surface area contributed by atoms with Crippen LogP contribution in [0.2, 0.25) is 0 Å². The second-order valence-corrected chi connectivity index (χ2v) is 0. The Morgan fingerprint density at radius 1 is 1.00 bits per heavy atom. The van der Waals surface area contributed by atoms with Gasteiger partial charge in [-0.15, -0.1) is 0 Å². The molecule has 0 aliphatic rings. The topological polar surface area (TPSA) is 0 Å². The smallest absolute Gasteiger partial charge is 0 e. The maximum atomic E-state index is 0. The molecule has 0 aliphatic carbocycles. The third-order valence-corrected chi connectivity index (χ3v) is 0. The fraction of sp³-hybridized carbons (Fsp3) is 0. The van der Waals surface area contributed by atoms with Crippen LogP contribution in [-0.2, 0) is 19.5 Å². The van der Waals surface area contributed by atoms with Crippen molar-refractivity contribution in [3.63, 3.8) is 0 Å². The van der Waals surface area contributed by atoms with Gasteiger partial charge >= 0.3 is 69.7 Å². The fourth-order valence-electron chi connectivity index (χ4n) is 0. The molecule has 0 fully saturated rings. The Labute approximate surface area is 87.5 Å². The van der Waals surface area contributed by atoms with Gasteiger partial charge in [0.25, 0.3) is 0 Å². The molecule has 0 spiro atoms. The summed E-state index contributed by atoms with van der Waals surface area (Å²) in [5, 5.41) is 0. The van der Waals surface area contributed by atoms with Gasteiger partial charge in [-0.3, -0.25) is 0 Å². The van der Waals surface area contributed by atoms with E-state index in [0.717, 1.165) is 0 Å². The molecule has 0 aliphatic heterocycles. The van der Waals surface area contributed by atoms with E-state index in [4.69, 9.17) is 0 Å². The second kappa shape index (κ2) is 16.8. The van der Waals surface area contributed by atoms with E-state index in [1.807, 2.05) is 0 Å². The molecule has 1 atom stereocenters. The van der Waals surface area contributed by atoms with E-state index in [2.05, 4.69) is 0 Å². The molecule has 0 saturated heterocycles. The van der Waals surface area contributed by atoms with E-state index in [1.54, 1.807) is 0 Å². The Kier molecular flexibility index (Phi) is 119. The van der Waals surface area contributed by atoms with Gasteiger partial charge in [0.05, 0.1) is 0 Å². The van der Waals surface area contributed by atoms with Crippen LogP contribution in [-0.4, -0.2) is 69.7 Å². The summed E-state index contributed by atoms with van der Waals surface area (Å²) in [6.07, 6.45) is 0. The van der Waals surface area contributed by atoms with Crippen LogP contribution in [0.15, 0.2) is 0 Å². The van der Waals surface area contributed by atoms with Crippen molar-refractivity contribution in [2.45, 2.75) is 0 Å². The molecule has 0 aromatic rings. The molecule has 4 heteroatoms. The first kappa shape index (κ1) is 28.4. The van der Waals surface area contributed by atoms with Crippen molar-refractivity contribution in [3.8, 4) is 0 Å². The molecule has 0 nitrogen and oxygen atoms in total. The molecule has 0 amide bonds. The monoisotopic (exact) mass is 476 g/mol. The van der Waals surface area contributed by atoms with Crippen LogP contribution in [0.3, 0.4) is 0 Å². The molecule has 0 aromatic heterocycles. The van der Waals surface area contributed by atoms with Crippen LogP contribution in [0.1, 0.15) is 0 Å².